The molecule has 0 aromatic heterocycles. The molecule has 0 heterocycles. The molecule has 3 rings (SSSR count). The van der Waals surface area contributed by atoms with Gasteiger partial charge in [-0.2, -0.15) is 0 Å². The molecule has 0 amide bonds. The fraction of sp³-hybridized carbons (Fsp3) is 0.556. The molecule has 0 unspecified atom stereocenters. The molecule has 2 heteroatoms. The first kappa shape index (κ1) is 21.7. The second kappa shape index (κ2) is 10.7. The van der Waals surface area contributed by atoms with Gasteiger partial charge in [0.1, 0.15) is 0 Å². The maximum atomic E-state index is 5.97. The molecule has 0 radical (unpaired) electrons. The van der Waals surface area contributed by atoms with E-state index in [1.165, 1.54) is 88.2 Å². The van der Waals surface area contributed by atoms with Crippen molar-refractivity contribution < 1.29 is 0 Å². The first-order chi connectivity index (χ1) is 14.1. The van der Waals surface area contributed by atoms with Crippen molar-refractivity contribution in [1.29, 1.82) is 0 Å². The van der Waals surface area contributed by atoms with Crippen molar-refractivity contribution in [3.05, 3.63) is 59.7 Å². The van der Waals surface area contributed by atoms with E-state index < -0.39 is 0 Å². The monoisotopic (exact) mass is 392 g/mol. The summed E-state index contributed by atoms with van der Waals surface area (Å²) in [6.07, 6.45) is 16.4. The Hall–Kier alpha value is -1.96. The number of nitrogens with two attached hydrogens (primary N) is 2. The van der Waals surface area contributed by atoms with Crippen molar-refractivity contribution in [3.8, 4) is 0 Å². The molecule has 158 valence electrons. The van der Waals surface area contributed by atoms with Gasteiger partial charge in [0.2, 0.25) is 0 Å². The number of hydrogen-bond acceptors (Lipinski definition) is 2. The maximum absolute atomic E-state index is 5.97. The van der Waals surface area contributed by atoms with E-state index in [0.29, 0.717) is 0 Å². The quantitative estimate of drug-likeness (QED) is 0.325. The van der Waals surface area contributed by atoms with Crippen LogP contribution in [0.1, 0.15) is 95.1 Å². The van der Waals surface area contributed by atoms with E-state index in [1.807, 2.05) is 0 Å². The zero-order valence-electron chi connectivity index (χ0n) is 18.3. The lowest BCUT2D eigenvalue weighted by atomic mass is 9.62. The third-order valence-electron chi connectivity index (χ3n) is 7.10. The highest BCUT2D eigenvalue weighted by Crippen LogP contribution is 2.47. The van der Waals surface area contributed by atoms with Crippen LogP contribution < -0.4 is 11.5 Å². The minimum Gasteiger partial charge on any atom is -0.399 e. The van der Waals surface area contributed by atoms with Crippen molar-refractivity contribution in [2.24, 2.45) is 5.92 Å². The van der Waals surface area contributed by atoms with Crippen LogP contribution >= 0.6 is 0 Å². The topological polar surface area (TPSA) is 52.0 Å². The third kappa shape index (κ3) is 5.78. The molecule has 1 saturated carbocycles. The Morgan fingerprint density at radius 2 is 1.14 bits per heavy atom. The average molecular weight is 393 g/mol. The minimum absolute atomic E-state index is 0.109. The molecule has 0 bridgehead atoms. The lowest BCUT2D eigenvalue weighted by Crippen LogP contribution is -2.33. The minimum atomic E-state index is 0.109. The Bertz CT molecular complexity index is 662. The van der Waals surface area contributed by atoms with Crippen LogP contribution in [-0.2, 0) is 5.41 Å². The number of hydrogen-bond donors (Lipinski definition) is 2. The van der Waals surface area contributed by atoms with Crippen LogP contribution in [0, 0.1) is 5.92 Å². The van der Waals surface area contributed by atoms with Crippen LogP contribution in [0.15, 0.2) is 48.5 Å². The Morgan fingerprint density at radius 3 is 1.62 bits per heavy atom. The zero-order chi connectivity index (χ0) is 20.5. The van der Waals surface area contributed by atoms with Crippen molar-refractivity contribution in [2.75, 3.05) is 11.5 Å². The van der Waals surface area contributed by atoms with Gasteiger partial charge >= 0.3 is 0 Å². The van der Waals surface area contributed by atoms with Crippen molar-refractivity contribution in [2.45, 2.75) is 89.4 Å². The summed E-state index contributed by atoms with van der Waals surface area (Å²) >= 11 is 0. The van der Waals surface area contributed by atoms with Crippen molar-refractivity contribution >= 4 is 11.4 Å². The summed E-state index contributed by atoms with van der Waals surface area (Å²) < 4.78 is 0. The highest BCUT2D eigenvalue weighted by atomic mass is 14.5. The number of nitrogen functional groups attached to an aromatic ring is 2. The Labute approximate surface area is 178 Å². The van der Waals surface area contributed by atoms with Gasteiger partial charge in [-0.1, -0.05) is 82.6 Å². The SMILES string of the molecule is CCCCCCCCCC1CCC(c2ccc(N)cc2)(c2ccc(N)cc2)CC1. The highest BCUT2D eigenvalue weighted by molar-refractivity contribution is 5.49. The zero-order valence-corrected chi connectivity index (χ0v) is 18.3. The normalized spacial score (nSPS) is 16.7. The average Bonchev–Trinajstić information content (AvgIpc) is 2.75. The van der Waals surface area contributed by atoms with Crippen molar-refractivity contribution in [1.82, 2.24) is 0 Å². The molecule has 0 atom stereocenters. The third-order valence-corrected chi connectivity index (χ3v) is 7.10. The first-order valence-corrected chi connectivity index (χ1v) is 11.9. The summed E-state index contributed by atoms with van der Waals surface area (Å²) in [7, 11) is 0. The second-order valence-corrected chi connectivity index (χ2v) is 9.18. The lowest BCUT2D eigenvalue weighted by molar-refractivity contribution is 0.250. The van der Waals surface area contributed by atoms with Crippen LogP contribution in [0.2, 0.25) is 0 Å². The lowest BCUT2D eigenvalue weighted by Gasteiger charge is -2.41. The van der Waals surface area contributed by atoms with Gasteiger partial charge in [0.15, 0.2) is 0 Å². The van der Waals surface area contributed by atoms with Gasteiger partial charge in [0, 0.05) is 16.8 Å². The smallest absolute Gasteiger partial charge is 0.0314 e. The van der Waals surface area contributed by atoms with Gasteiger partial charge in [-0.05, 0) is 67.0 Å². The summed E-state index contributed by atoms with van der Waals surface area (Å²) in [5, 5.41) is 0. The van der Waals surface area contributed by atoms with E-state index in [4.69, 9.17) is 11.5 Å². The van der Waals surface area contributed by atoms with E-state index in [1.54, 1.807) is 0 Å². The van der Waals surface area contributed by atoms with Gasteiger partial charge in [0.25, 0.3) is 0 Å². The molecule has 4 N–H and O–H groups in total. The standard InChI is InChI=1S/C27H40N2/c1-2-3-4-5-6-7-8-9-22-18-20-27(21-19-22,23-10-14-25(28)15-11-23)24-12-16-26(29)17-13-24/h10-17,22H,2-9,18-21,28-29H2,1H3. The van der Waals surface area contributed by atoms with Gasteiger partial charge in [-0.15, -0.1) is 0 Å². The van der Waals surface area contributed by atoms with Crippen LogP contribution in [0.4, 0.5) is 11.4 Å². The summed E-state index contributed by atoms with van der Waals surface area (Å²) in [6, 6.07) is 17.2. The van der Waals surface area contributed by atoms with Crippen LogP contribution in [0.3, 0.4) is 0 Å². The predicted octanol–water partition coefficient (Wildman–Crippen LogP) is 7.47. The molecule has 1 fully saturated rings. The Kier molecular flexibility index (Phi) is 8.03. The van der Waals surface area contributed by atoms with E-state index in [9.17, 15) is 0 Å². The highest BCUT2D eigenvalue weighted by Gasteiger charge is 2.38. The number of unbranched alkanes of at least 4 members (excludes halogenated alkanes) is 6. The van der Waals surface area contributed by atoms with E-state index >= 15 is 0 Å². The molecule has 0 saturated heterocycles. The molecule has 1 aliphatic carbocycles. The molecule has 1 aliphatic rings. The summed E-state index contributed by atoms with van der Waals surface area (Å²) in [5.74, 6) is 0.890. The number of rotatable bonds is 10. The van der Waals surface area contributed by atoms with Crippen molar-refractivity contribution in [3.63, 3.8) is 0 Å². The van der Waals surface area contributed by atoms with E-state index in [2.05, 4.69) is 55.5 Å². The number of benzene rings is 2. The van der Waals surface area contributed by atoms with Crippen LogP contribution in [-0.4, -0.2) is 0 Å². The van der Waals surface area contributed by atoms with E-state index in [0.717, 1.165) is 17.3 Å². The van der Waals surface area contributed by atoms with Gasteiger partial charge in [0.05, 0.1) is 0 Å². The Morgan fingerprint density at radius 1 is 0.690 bits per heavy atom. The molecule has 2 aromatic rings. The molecule has 29 heavy (non-hydrogen) atoms. The maximum Gasteiger partial charge on any atom is 0.0314 e. The van der Waals surface area contributed by atoms with Crippen LogP contribution in [0.5, 0.6) is 0 Å². The number of anilines is 2. The van der Waals surface area contributed by atoms with Gasteiger partial charge in [-0.3, -0.25) is 0 Å². The first-order valence-electron chi connectivity index (χ1n) is 11.9. The predicted molar refractivity (Wildman–Crippen MR) is 127 cm³/mol. The largest absolute Gasteiger partial charge is 0.399 e. The van der Waals surface area contributed by atoms with Gasteiger partial charge < -0.3 is 11.5 Å². The van der Waals surface area contributed by atoms with E-state index in [-0.39, 0.29) is 5.41 Å². The molecule has 0 spiro atoms. The molecule has 2 aromatic carbocycles. The summed E-state index contributed by atoms with van der Waals surface area (Å²) in [5.41, 5.74) is 16.5. The molecular formula is C27H40N2. The fourth-order valence-corrected chi connectivity index (χ4v) is 5.20. The van der Waals surface area contributed by atoms with Crippen LogP contribution in [0.25, 0.3) is 0 Å². The summed E-state index contributed by atoms with van der Waals surface area (Å²) in [4.78, 5) is 0. The molecule has 2 nitrogen and oxygen atoms in total. The summed E-state index contributed by atoms with van der Waals surface area (Å²) in [6.45, 7) is 2.29. The molecular weight excluding hydrogens is 352 g/mol. The fourth-order valence-electron chi connectivity index (χ4n) is 5.20. The molecule has 0 aliphatic heterocycles. The second-order valence-electron chi connectivity index (χ2n) is 9.18. The van der Waals surface area contributed by atoms with Gasteiger partial charge in [-0.25, -0.2) is 0 Å². The Balaban J connectivity index is 1.60.